The van der Waals surface area contributed by atoms with Crippen LogP contribution in [0.25, 0.3) is 0 Å². The van der Waals surface area contributed by atoms with Crippen molar-refractivity contribution in [1.29, 1.82) is 0 Å². The lowest BCUT2D eigenvalue weighted by molar-refractivity contribution is 0.207. The lowest BCUT2D eigenvalue weighted by atomic mass is 9.90. The number of aliphatic hydroxyl groups is 1. The second-order valence-electron chi connectivity index (χ2n) is 4.84. The van der Waals surface area contributed by atoms with E-state index in [2.05, 4.69) is 29.1 Å². The SMILES string of the molecule is Cc1nccc(CNCC(C)(C)CCO)n1. The van der Waals surface area contributed by atoms with Gasteiger partial charge in [-0.2, -0.15) is 0 Å². The van der Waals surface area contributed by atoms with Crippen LogP contribution in [0.5, 0.6) is 0 Å². The summed E-state index contributed by atoms with van der Waals surface area (Å²) in [7, 11) is 0. The summed E-state index contributed by atoms with van der Waals surface area (Å²) in [6.45, 7) is 8.03. The Balaban J connectivity index is 2.35. The number of aromatic nitrogens is 2. The fourth-order valence-electron chi connectivity index (χ4n) is 1.52. The second kappa shape index (κ2) is 5.92. The Morgan fingerprint density at radius 1 is 1.44 bits per heavy atom. The van der Waals surface area contributed by atoms with Gasteiger partial charge in [0.1, 0.15) is 5.82 Å². The number of rotatable bonds is 6. The molecule has 0 aliphatic heterocycles. The topological polar surface area (TPSA) is 58.0 Å². The molecule has 1 heterocycles. The molecule has 0 aliphatic rings. The first-order valence-electron chi connectivity index (χ1n) is 5.64. The molecule has 4 heteroatoms. The van der Waals surface area contributed by atoms with Crippen LogP contribution in [0.3, 0.4) is 0 Å². The van der Waals surface area contributed by atoms with E-state index in [1.165, 1.54) is 0 Å². The Hall–Kier alpha value is -1.00. The summed E-state index contributed by atoms with van der Waals surface area (Å²) in [6, 6.07) is 1.92. The van der Waals surface area contributed by atoms with Gasteiger partial charge in [-0.3, -0.25) is 0 Å². The number of aliphatic hydroxyl groups excluding tert-OH is 1. The van der Waals surface area contributed by atoms with Gasteiger partial charge in [0.15, 0.2) is 0 Å². The van der Waals surface area contributed by atoms with Gasteiger partial charge in [0.25, 0.3) is 0 Å². The van der Waals surface area contributed by atoms with Crippen molar-refractivity contribution in [2.45, 2.75) is 33.7 Å². The van der Waals surface area contributed by atoms with Crippen LogP contribution in [-0.2, 0) is 6.54 Å². The van der Waals surface area contributed by atoms with E-state index >= 15 is 0 Å². The maximum atomic E-state index is 8.91. The molecule has 0 fully saturated rings. The van der Waals surface area contributed by atoms with E-state index in [1.54, 1.807) is 6.20 Å². The van der Waals surface area contributed by atoms with Gasteiger partial charge in [-0.25, -0.2) is 9.97 Å². The molecule has 0 saturated heterocycles. The van der Waals surface area contributed by atoms with Crippen molar-refractivity contribution in [3.05, 3.63) is 23.8 Å². The number of nitrogens with one attached hydrogen (secondary N) is 1. The highest BCUT2D eigenvalue weighted by Crippen LogP contribution is 2.17. The largest absolute Gasteiger partial charge is 0.396 e. The predicted molar refractivity (Wildman–Crippen MR) is 64.0 cm³/mol. The fourth-order valence-corrected chi connectivity index (χ4v) is 1.52. The molecule has 0 aromatic carbocycles. The summed E-state index contributed by atoms with van der Waals surface area (Å²) >= 11 is 0. The van der Waals surface area contributed by atoms with Crippen molar-refractivity contribution in [3.8, 4) is 0 Å². The predicted octanol–water partition coefficient (Wildman–Crippen LogP) is 1.28. The average molecular weight is 223 g/mol. The minimum absolute atomic E-state index is 0.122. The molecule has 0 unspecified atom stereocenters. The highest BCUT2D eigenvalue weighted by atomic mass is 16.3. The monoisotopic (exact) mass is 223 g/mol. The summed E-state index contributed by atoms with van der Waals surface area (Å²) in [4.78, 5) is 8.37. The zero-order chi connectivity index (χ0) is 12.0. The molecular weight excluding hydrogens is 202 g/mol. The van der Waals surface area contributed by atoms with Crippen LogP contribution in [0, 0.1) is 12.3 Å². The van der Waals surface area contributed by atoms with Crippen molar-refractivity contribution < 1.29 is 5.11 Å². The first-order valence-corrected chi connectivity index (χ1v) is 5.64. The Morgan fingerprint density at radius 3 is 2.81 bits per heavy atom. The molecule has 1 aromatic heterocycles. The molecular formula is C12H21N3O. The summed E-state index contributed by atoms with van der Waals surface area (Å²) in [5.74, 6) is 0.800. The van der Waals surface area contributed by atoms with Crippen LogP contribution < -0.4 is 5.32 Å². The number of hydrogen-bond donors (Lipinski definition) is 2. The molecule has 90 valence electrons. The van der Waals surface area contributed by atoms with E-state index in [1.807, 2.05) is 13.0 Å². The smallest absolute Gasteiger partial charge is 0.125 e. The van der Waals surface area contributed by atoms with Gasteiger partial charge in [-0.1, -0.05) is 13.8 Å². The minimum Gasteiger partial charge on any atom is -0.396 e. The van der Waals surface area contributed by atoms with Gasteiger partial charge in [0.05, 0.1) is 5.69 Å². The zero-order valence-electron chi connectivity index (χ0n) is 10.3. The quantitative estimate of drug-likeness (QED) is 0.763. The Bertz CT molecular complexity index is 326. The Labute approximate surface area is 97.1 Å². The average Bonchev–Trinajstić information content (AvgIpc) is 2.17. The van der Waals surface area contributed by atoms with Crippen molar-refractivity contribution >= 4 is 0 Å². The van der Waals surface area contributed by atoms with E-state index in [9.17, 15) is 0 Å². The van der Waals surface area contributed by atoms with Gasteiger partial charge in [-0.15, -0.1) is 0 Å². The summed E-state index contributed by atoms with van der Waals surface area (Å²) in [5, 5.41) is 12.3. The molecule has 1 aromatic rings. The third kappa shape index (κ3) is 4.68. The van der Waals surface area contributed by atoms with Crippen molar-refractivity contribution in [2.75, 3.05) is 13.2 Å². The third-order valence-corrected chi connectivity index (χ3v) is 2.53. The van der Waals surface area contributed by atoms with Gasteiger partial charge < -0.3 is 10.4 Å². The van der Waals surface area contributed by atoms with Gasteiger partial charge in [0, 0.05) is 25.9 Å². The lowest BCUT2D eigenvalue weighted by Crippen LogP contribution is -2.30. The lowest BCUT2D eigenvalue weighted by Gasteiger charge is -2.23. The molecule has 0 spiro atoms. The molecule has 0 amide bonds. The van der Waals surface area contributed by atoms with Gasteiger partial charge >= 0.3 is 0 Å². The Morgan fingerprint density at radius 2 is 2.19 bits per heavy atom. The maximum Gasteiger partial charge on any atom is 0.125 e. The first-order chi connectivity index (χ1) is 7.53. The van der Waals surface area contributed by atoms with E-state index in [0.29, 0.717) is 0 Å². The standard InChI is InChI=1S/C12H21N3O/c1-10-14-6-4-11(15-10)8-13-9-12(2,3)5-7-16/h4,6,13,16H,5,7-9H2,1-3H3. The van der Waals surface area contributed by atoms with Crippen molar-refractivity contribution in [2.24, 2.45) is 5.41 Å². The summed E-state index contributed by atoms with van der Waals surface area (Å²) in [6.07, 6.45) is 2.58. The molecule has 0 atom stereocenters. The third-order valence-electron chi connectivity index (χ3n) is 2.53. The van der Waals surface area contributed by atoms with Gasteiger partial charge in [0.2, 0.25) is 0 Å². The molecule has 0 aliphatic carbocycles. The minimum atomic E-state index is 0.122. The van der Waals surface area contributed by atoms with Crippen LogP contribution in [0.2, 0.25) is 0 Å². The molecule has 1 rings (SSSR count). The molecule has 16 heavy (non-hydrogen) atoms. The number of hydrogen-bond acceptors (Lipinski definition) is 4. The number of nitrogens with zero attached hydrogens (tertiary/aromatic N) is 2. The normalized spacial score (nSPS) is 11.8. The molecule has 2 N–H and O–H groups in total. The van der Waals surface area contributed by atoms with E-state index in [-0.39, 0.29) is 12.0 Å². The van der Waals surface area contributed by atoms with Crippen LogP contribution in [-0.4, -0.2) is 28.2 Å². The molecule has 4 nitrogen and oxygen atoms in total. The number of aryl methyl sites for hydroxylation is 1. The Kier molecular flexibility index (Phi) is 4.83. The van der Waals surface area contributed by atoms with E-state index in [0.717, 1.165) is 31.0 Å². The highest BCUT2D eigenvalue weighted by Gasteiger charge is 2.16. The van der Waals surface area contributed by atoms with E-state index < -0.39 is 0 Å². The van der Waals surface area contributed by atoms with Crippen molar-refractivity contribution in [3.63, 3.8) is 0 Å². The molecule has 0 saturated carbocycles. The highest BCUT2D eigenvalue weighted by molar-refractivity contribution is 5.01. The maximum absolute atomic E-state index is 8.91. The zero-order valence-corrected chi connectivity index (χ0v) is 10.3. The van der Waals surface area contributed by atoms with Crippen LogP contribution >= 0.6 is 0 Å². The van der Waals surface area contributed by atoms with E-state index in [4.69, 9.17) is 5.11 Å². The second-order valence-corrected chi connectivity index (χ2v) is 4.84. The molecule has 0 radical (unpaired) electrons. The summed E-state index contributed by atoms with van der Waals surface area (Å²) in [5.41, 5.74) is 1.13. The molecule has 0 bridgehead atoms. The van der Waals surface area contributed by atoms with Gasteiger partial charge in [-0.05, 0) is 24.8 Å². The van der Waals surface area contributed by atoms with Crippen LogP contribution in [0.4, 0.5) is 0 Å². The van der Waals surface area contributed by atoms with Crippen LogP contribution in [0.15, 0.2) is 12.3 Å². The summed E-state index contributed by atoms with van der Waals surface area (Å²) < 4.78 is 0. The first kappa shape index (κ1) is 13.1. The van der Waals surface area contributed by atoms with Crippen molar-refractivity contribution in [1.82, 2.24) is 15.3 Å². The van der Waals surface area contributed by atoms with Crippen LogP contribution in [0.1, 0.15) is 31.8 Å². The fraction of sp³-hybridized carbons (Fsp3) is 0.667.